The Morgan fingerprint density at radius 2 is 2.31 bits per heavy atom. The van der Waals surface area contributed by atoms with Crippen LogP contribution in [0.25, 0.3) is 0 Å². The van der Waals surface area contributed by atoms with Gasteiger partial charge in [-0.25, -0.2) is 14.8 Å². The van der Waals surface area contributed by atoms with Crippen LogP contribution in [0, 0.1) is 11.3 Å². The van der Waals surface area contributed by atoms with E-state index in [-0.39, 0.29) is 29.3 Å². The maximum Gasteiger partial charge on any atom is 0.407 e. The third-order valence-electron chi connectivity index (χ3n) is 5.33. The maximum absolute atomic E-state index is 12.2. The fourth-order valence-electron chi connectivity index (χ4n) is 3.71. The van der Waals surface area contributed by atoms with Crippen LogP contribution >= 0.6 is 0 Å². The summed E-state index contributed by atoms with van der Waals surface area (Å²) < 4.78 is 11.0. The monoisotopic (exact) mass is 397 g/mol. The number of hydrogen-bond donors (Lipinski definition) is 3. The van der Waals surface area contributed by atoms with Gasteiger partial charge >= 0.3 is 6.09 Å². The van der Waals surface area contributed by atoms with Gasteiger partial charge in [0.2, 0.25) is 0 Å². The van der Waals surface area contributed by atoms with Gasteiger partial charge in [0.15, 0.2) is 5.69 Å². The number of aromatic nitrogens is 4. The van der Waals surface area contributed by atoms with Crippen molar-refractivity contribution < 1.29 is 14.3 Å². The molecule has 2 aromatic heterocycles. The molecule has 1 aliphatic carbocycles. The van der Waals surface area contributed by atoms with E-state index in [0.29, 0.717) is 24.8 Å². The summed E-state index contributed by atoms with van der Waals surface area (Å²) in [6, 6.07) is 3.85. The first-order valence-corrected chi connectivity index (χ1v) is 9.64. The number of alkyl carbamates (subject to hydrolysis) is 1. The molecule has 0 radical (unpaired) electrons. The fourth-order valence-corrected chi connectivity index (χ4v) is 3.71. The number of nitrogens with one attached hydrogen (secondary N) is 3. The molecule has 1 saturated carbocycles. The van der Waals surface area contributed by atoms with Crippen molar-refractivity contribution >= 4 is 17.7 Å². The maximum atomic E-state index is 12.2. The number of aromatic amines is 1. The van der Waals surface area contributed by atoms with Crippen LogP contribution in [0.2, 0.25) is 0 Å². The quantitative estimate of drug-likeness (QED) is 0.699. The molecule has 0 spiro atoms. The van der Waals surface area contributed by atoms with Gasteiger partial charge in [0.05, 0.1) is 30.2 Å². The highest BCUT2D eigenvalue weighted by Crippen LogP contribution is 2.36. The Labute approximate surface area is 168 Å². The lowest BCUT2D eigenvalue weighted by Gasteiger charge is -2.24. The third kappa shape index (κ3) is 4.63. The predicted molar refractivity (Wildman–Crippen MR) is 102 cm³/mol. The van der Waals surface area contributed by atoms with Crippen molar-refractivity contribution in [3.05, 3.63) is 29.8 Å². The second kappa shape index (κ2) is 8.05. The van der Waals surface area contributed by atoms with Crippen molar-refractivity contribution in [2.45, 2.75) is 50.2 Å². The topological polar surface area (TPSA) is 138 Å². The van der Waals surface area contributed by atoms with Crippen LogP contribution in [0.15, 0.2) is 18.5 Å². The van der Waals surface area contributed by atoms with E-state index in [1.165, 1.54) is 12.4 Å². The average Bonchev–Trinajstić information content (AvgIpc) is 3.44. The van der Waals surface area contributed by atoms with Gasteiger partial charge < -0.3 is 20.1 Å². The summed E-state index contributed by atoms with van der Waals surface area (Å²) in [4.78, 5) is 20.3. The van der Waals surface area contributed by atoms with Gasteiger partial charge in [-0.05, 0) is 32.6 Å². The Morgan fingerprint density at radius 1 is 1.41 bits per heavy atom. The Bertz CT molecular complexity index is 899. The standard InChI is InChI=1S/C19H23N7O3/c1-19(4-5-28-11-19)24-18(27)29-14-3-2-12(6-14)15-7-16(26-25-15)23-17-10-21-13(8-20)9-22-17/h7,9-10,12,14H,2-6,11H2,1H3,(H,24,27)(H2,22,23,25,26)/t12-,14+,19-/m0/s1. The van der Waals surface area contributed by atoms with Crippen molar-refractivity contribution in [2.24, 2.45) is 0 Å². The van der Waals surface area contributed by atoms with Crippen LogP contribution < -0.4 is 10.6 Å². The Balaban J connectivity index is 1.29. The minimum absolute atomic E-state index is 0.122. The fraction of sp³-hybridized carbons (Fsp3) is 0.526. The van der Waals surface area contributed by atoms with Crippen LogP contribution in [-0.2, 0) is 9.47 Å². The molecule has 10 nitrogen and oxygen atoms in total. The van der Waals surface area contributed by atoms with E-state index in [4.69, 9.17) is 14.7 Å². The first-order valence-electron chi connectivity index (χ1n) is 9.64. The molecule has 0 unspecified atom stereocenters. The van der Waals surface area contributed by atoms with Crippen LogP contribution in [0.3, 0.4) is 0 Å². The number of carbonyl (C=O) groups excluding carboxylic acids is 1. The second-order valence-electron chi connectivity index (χ2n) is 7.76. The SMILES string of the molecule is C[C@]1(NC(=O)O[C@@H]2CC[C@H](c3cc(Nc4cnc(C#N)cn4)[nH]n3)C2)CCOC1. The smallest absolute Gasteiger partial charge is 0.407 e. The predicted octanol–water partition coefficient (Wildman–Crippen LogP) is 2.36. The zero-order chi connectivity index (χ0) is 20.3. The number of anilines is 2. The summed E-state index contributed by atoms with van der Waals surface area (Å²) in [6.45, 7) is 3.14. The summed E-state index contributed by atoms with van der Waals surface area (Å²) in [6.07, 6.45) is 5.63. The molecule has 4 rings (SSSR count). The van der Waals surface area contributed by atoms with Crippen molar-refractivity contribution in [1.29, 1.82) is 5.26 Å². The number of carbonyl (C=O) groups is 1. The first kappa shape index (κ1) is 19.1. The second-order valence-corrected chi connectivity index (χ2v) is 7.76. The molecule has 3 heterocycles. The summed E-state index contributed by atoms with van der Waals surface area (Å²) in [5.41, 5.74) is 0.833. The lowest BCUT2D eigenvalue weighted by atomic mass is 10.0. The molecule has 2 fully saturated rings. The minimum Gasteiger partial charge on any atom is -0.446 e. The Hall–Kier alpha value is -3.19. The molecule has 10 heteroatoms. The lowest BCUT2D eigenvalue weighted by Crippen LogP contribution is -2.47. The molecule has 2 aromatic rings. The molecule has 0 bridgehead atoms. The number of H-pyrrole nitrogens is 1. The van der Waals surface area contributed by atoms with Gasteiger partial charge in [0, 0.05) is 18.6 Å². The van der Waals surface area contributed by atoms with E-state index in [9.17, 15) is 4.79 Å². The molecule has 29 heavy (non-hydrogen) atoms. The van der Waals surface area contributed by atoms with E-state index in [1.54, 1.807) is 0 Å². The number of hydrogen-bond acceptors (Lipinski definition) is 8. The molecular formula is C19H23N7O3. The van der Waals surface area contributed by atoms with Gasteiger partial charge in [0.1, 0.15) is 23.8 Å². The largest absolute Gasteiger partial charge is 0.446 e. The van der Waals surface area contributed by atoms with Crippen LogP contribution in [0.4, 0.5) is 16.4 Å². The van der Waals surface area contributed by atoms with Gasteiger partial charge in [-0.2, -0.15) is 10.4 Å². The molecule has 3 N–H and O–H groups in total. The zero-order valence-corrected chi connectivity index (χ0v) is 16.1. The highest BCUT2D eigenvalue weighted by Gasteiger charge is 2.34. The van der Waals surface area contributed by atoms with Gasteiger partial charge in [-0.15, -0.1) is 0 Å². The number of rotatable bonds is 5. The summed E-state index contributed by atoms with van der Waals surface area (Å²) in [5, 5.41) is 22.1. The first-order chi connectivity index (χ1) is 14.0. The van der Waals surface area contributed by atoms with Gasteiger partial charge in [0.25, 0.3) is 0 Å². The van der Waals surface area contributed by atoms with E-state index in [0.717, 1.165) is 31.4 Å². The van der Waals surface area contributed by atoms with E-state index < -0.39 is 0 Å². The third-order valence-corrected chi connectivity index (χ3v) is 5.33. The highest BCUT2D eigenvalue weighted by atomic mass is 16.6. The number of nitriles is 1. The molecule has 1 amide bonds. The molecule has 2 aliphatic rings. The van der Waals surface area contributed by atoms with Crippen LogP contribution in [0.5, 0.6) is 0 Å². The average molecular weight is 397 g/mol. The van der Waals surface area contributed by atoms with Gasteiger partial charge in [-0.1, -0.05) is 0 Å². The van der Waals surface area contributed by atoms with E-state index in [1.807, 2.05) is 19.1 Å². The molecule has 3 atom stereocenters. The van der Waals surface area contributed by atoms with Crippen molar-refractivity contribution in [1.82, 2.24) is 25.5 Å². The van der Waals surface area contributed by atoms with E-state index >= 15 is 0 Å². The van der Waals surface area contributed by atoms with E-state index in [2.05, 4.69) is 30.8 Å². The molecule has 1 saturated heterocycles. The van der Waals surface area contributed by atoms with Crippen molar-refractivity contribution in [3.8, 4) is 6.07 Å². The van der Waals surface area contributed by atoms with Gasteiger partial charge in [-0.3, -0.25) is 5.10 Å². The minimum atomic E-state index is -0.382. The zero-order valence-electron chi connectivity index (χ0n) is 16.1. The normalized spacial score (nSPS) is 26.1. The highest BCUT2D eigenvalue weighted by molar-refractivity contribution is 5.68. The molecular weight excluding hydrogens is 374 g/mol. The summed E-state index contributed by atoms with van der Waals surface area (Å²) in [5.74, 6) is 1.43. The Morgan fingerprint density at radius 3 is 3.03 bits per heavy atom. The van der Waals surface area contributed by atoms with Crippen molar-refractivity contribution in [3.63, 3.8) is 0 Å². The van der Waals surface area contributed by atoms with Crippen LogP contribution in [-0.4, -0.2) is 51.1 Å². The number of nitrogens with zero attached hydrogens (tertiary/aromatic N) is 4. The van der Waals surface area contributed by atoms with Crippen molar-refractivity contribution in [2.75, 3.05) is 18.5 Å². The number of ether oxygens (including phenoxy) is 2. The molecule has 0 aromatic carbocycles. The number of amides is 1. The lowest BCUT2D eigenvalue weighted by molar-refractivity contribution is 0.0883. The summed E-state index contributed by atoms with van der Waals surface area (Å²) >= 11 is 0. The molecule has 152 valence electrons. The summed E-state index contributed by atoms with van der Waals surface area (Å²) in [7, 11) is 0. The van der Waals surface area contributed by atoms with Crippen LogP contribution in [0.1, 0.15) is 49.9 Å². The molecule has 1 aliphatic heterocycles. The Kier molecular flexibility index (Phi) is 5.31.